The molecule has 9 rings (SSSR count). The van der Waals surface area contributed by atoms with E-state index in [1.165, 1.54) is 37.7 Å². The quantitative estimate of drug-likeness (QED) is 0.165. The number of rotatable bonds is 7. The molecule has 1 unspecified atom stereocenters. The van der Waals surface area contributed by atoms with Gasteiger partial charge in [0.05, 0.1) is 11.6 Å². The van der Waals surface area contributed by atoms with Crippen molar-refractivity contribution in [1.29, 1.82) is 5.26 Å². The van der Waals surface area contributed by atoms with E-state index in [1.54, 1.807) is 0 Å². The molecule has 2 saturated carbocycles. The number of aromatic nitrogens is 3. The number of benzene rings is 6. The molecule has 4 heteroatoms. The van der Waals surface area contributed by atoms with Crippen LogP contribution >= 0.6 is 0 Å². The van der Waals surface area contributed by atoms with Gasteiger partial charge in [0, 0.05) is 16.7 Å². The van der Waals surface area contributed by atoms with Crippen LogP contribution in [0, 0.1) is 29.1 Å². The summed E-state index contributed by atoms with van der Waals surface area (Å²) in [5, 5.41) is 9.58. The van der Waals surface area contributed by atoms with E-state index in [0.29, 0.717) is 34.9 Å². The van der Waals surface area contributed by atoms with E-state index in [9.17, 15) is 5.26 Å². The van der Waals surface area contributed by atoms with Gasteiger partial charge in [0.1, 0.15) is 0 Å². The molecule has 2 aliphatic carbocycles. The van der Waals surface area contributed by atoms with Gasteiger partial charge in [-0.05, 0) is 131 Å². The molecule has 55 heavy (non-hydrogen) atoms. The first-order valence-corrected chi connectivity index (χ1v) is 19.7. The highest BCUT2D eigenvalue weighted by atomic mass is 15.0. The smallest absolute Gasteiger partial charge is 0.164 e. The van der Waals surface area contributed by atoms with Gasteiger partial charge in [-0.2, -0.15) is 5.26 Å². The minimum absolute atomic E-state index is 0.101. The Morgan fingerprint density at radius 3 is 1.42 bits per heavy atom. The van der Waals surface area contributed by atoms with Crippen LogP contribution in [0.25, 0.3) is 67.5 Å². The Morgan fingerprint density at radius 1 is 0.455 bits per heavy atom. The average molecular weight is 713 g/mol. The summed E-state index contributed by atoms with van der Waals surface area (Å²) < 4.78 is 0. The summed E-state index contributed by atoms with van der Waals surface area (Å²) in [6, 6.07) is 55.3. The Kier molecular flexibility index (Phi) is 9.16. The summed E-state index contributed by atoms with van der Waals surface area (Å²) in [7, 11) is 0. The van der Waals surface area contributed by atoms with Crippen molar-refractivity contribution in [1.82, 2.24) is 15.0 Å². The Labute approximate surface area is 324 Å². The number of fused-ring (bicyclic) bond motifs is 2. The molecule has 1 heterocycles. The lowest BCUT2D eigenvalue weighted by atomic mass is 9.54. The van der Waals surface area contributed by atoms with Crippen molar-refractivity contribution >= 4 is 0 Å². The normalized spacial score (nSPS) is 20.4. The largest absolute Gasteiger partial charge is 0.208 e. The van der Waals surface area contributed by atoms with Crippen molar-refractivity contribution in [2.24, 2.45) is 17.8 Å². The van der Waals surface area contributed by atoms with Crippen LogP contribution < -0.4 is 0 Å². The maximum Gasteiger partial charge on any atom is 0.164 e. The van der Waals surface area contributed by atoms with Crippen LogP contribution in [0.1, 0.15) is 57.1 Å². The molecular formula is C51H44N4. The molecule has 7 aromatic rings. The van der Waals surface area contributed by atoms with Gasteiger partial charge in [-0.15, -0.1) is 0 Å². The molecule has 2 bridgehead atoms. The molecule has 0 aliphatic heterocycles. The highest BCUT2D eigenvalue weighted by Crippen LogP contribution is 2.55. The summed E-state index contributed by atoms with van der Waals surface area (Å²) in [4.78, 5) is 15.8. The van der Waals surface area contributed by atoms with Gasteiger partial charge in [-0.1, -0.05) is 129 Å². The third-order valence-electron chi connectivity index (χ3n) is 11.9. The summed E-state index contributed by atoms with van der Waals surface area (Å²) in [5.41, 5.74) is 11.8. The third-order valence-corrected chi connectivity index (χ3v) is 11.9. The van der Waals surface area contributed by atoms with E-state index < -0.39 is 0 Å². The van der Waals surface area contributed by atoms with Crippen LogP contribution in [0.15, 0.2) is 152 Å². The fourth-order valence-electron chi connectivity index (χ4n) is 9.72. The monoisotopic (exact) mass is 712 g/mol. The van der Waals surface area contributed by atoms with E-state index in [0.717, 1.165) is 56.0 Å². The zero-order valence-electron chi connectivity index (χ0n) is 31.5. The summed E-state index contributed by atoms with van der Waals surface area (Å²) in [6.07, 6.45) is 6.24. The zero-order chi connectivity index (χ0) is 37.4. The molecule has 4 atom stereocenters. The molecule has 0 amide bonds. The predicted molar refractivity (Wildman–Crippen MR) is 224 cm³/mol. The van der Waals surface area contributed by atoms with E-state index in [4.69, 9.17) is 15.0 Å². The standard InChI is InChI=1S/C51H44N4/c1-34-23-37-24-35(2)31-51(30-34,32-37)47-28-45(40-21-19-36(33-52)20-22-40)27-46(29-47)50-54-48(43-17-9-15-41(25-43)38-11-5-3-6-12-38)53-49(55-50)44-18-10-16-42(26-44)39-13-7-4-8-14-39/h3-22,25-29,34-35,37H,23-24,30-32H2,1-2H3/t34-,35+,37-,51?. The van der Waals surface area contributed by atoms with Gasteiger partial charge in [0.15, 0.2) is 17.5 Å². The minimum atomic E-state index is 0.101. The van der Waals surface area contributed by atoms with Crippen molar-refractivity contribution in [3.8, 4) is 73.6 Å². The van der Waals surface area contributed by atoms with Crippen LogP contribution in [-0.4, -0.2) is 15.0 Å². The van der Waals surface area contributed by atoms with Gasteiger partial charge in [0.25, 0.3) is 0 Å². The zero-order valence-corrected chi connectivity index (χ0v) is 31.5. The molecule has 0 spiro atoms. The third kappa shape index (κ3) is 7.11. The minimum Gasteiger partial charge on any atom is -0.208 e. The highest BCUT2D eigenvalue weighted by molar-refractivity contribution is 5.77. The van der Waals surface area contributed by atoms with Gasteiger partial charge in [0.2, 0.25) is 0 Å². The van der Waals surface area contributed by atoms with E-state index in [-0.39, 0.29) is 5.41 Å². The van der Waals surface area contributed by atoms with Crippen molar-refractivity contribution in [2.75, 3.05) is 0 Å². The second kappa shape index (κ2) is 14.6. The van der Waals surface area contributed by atoms with Crippen LogP contribution in [0.5, 0.6) is 0 Å². The SMILES string of the molecule is C[C@@H]1C[C@@H]2C[C@H](C)CC(c3cc(-c4ccc(C#N)cc4)cc(-c4nc(-c5cccc(-c6ccccc6)c5)nc(-c5cccc(-c6ccccc6)c5)n4)c3)(C1)C2. The molecule has 2 fully saturated rings. The lowest BCUT2D eigenvalue weighted by molar-refractivity contribution is 0.0781. The summed E-state index contributed by atoms with van der Waals surface area (Å²) in [6.45, 7) is 4.89. The summed E-state index contributed by atoms with van der Waals surface area (Å²) in [5.74, 6) is 4.05. The van der Waals surface area contributed by atoms with E-state index in [1.807, 2.05) is 24.3 Å². The molecule has 0 N–H and O–H groups in total. The topological polar surface area (TPSA) is 62.5 Å². The van der Waals surface area contributed by atoms with Gasteiger partial charge in [-0.25, -0.2) is 15.0 Å². The van der Waals surface area contributed by atoms with E-state index >= 15 is 0 Å². The van der Waals surface area contributed by atoms with Gasteiger partial charge < -0.3 is 0 Å². The van der Waals surface area contributed by atoms with Crippen molar-refractivity contribution in [3.05, 3.63) is 163 Å². The lowest BCUT2D eigenvalue weighted by Gasteiger charge is -2.50. The van der Waals surface area contributed by atoms with Gasteiger partial charge >= 0.3 is 0 Å². The fourth-order valence-corrected chi connectivity index (χ4v) is 9.72. The first kappa shape index (κ1) is 34.6. The lowest BCUT2D eigenvalue weighted by Crippen LogP contribution is -2.42. The molecule has 0 saturated heterocycles. The Morgan fingerprint density at radius 2 is 0.891 bits per heavy atom. The second-order valence-corrected chi connectivity index (χ2v) is 16.1. The molecule has 268 valence electrons. The van der Waals surface area contributed by atoms with Crippen molar-refractivity contribution in [2.45, 2.75) is 51.4 Å². The highest BCUT2D eigenvalue weighted by Gasteiger charge is 2.45. The molecular weight excluding hydrogens is 669 g/mol. The molecule has 4 nitrogen and oxygen atoms in total. The van der Waals surface area contributed by atoms with Gasteiger partial charge in [-0.3, -0.25) is 0 Å². The first-order valence-electron chi connectivity index (χ1n) is 19.7. The van der Waals surface area contributed by atoms with Crippen LogP contribution in [0.4, 0.5) is 0 Å². The molecule has 6 aromatic carbocycles. The second-order valence-electron chi connectivity index (χ2n) is 16.1. The summed E-state index contributed by atoms with van der Waals surface area (Å²) >= 11 is 0. The van der Waals surface area contributed by atoms with Crippen molar-refractivity contribution in [3.63, 3.8) is 0 Å². The fraction of sp³-hybridized carbons (Fsp3) is 0.216. The number of hydrogen-bond acceptors (Lipinski definition) is 4. The van der Waals surface area contributed by atoms with E-state index in [2.05, 4.69) is 147 Å². The molecule has 1 aromatic heterocycles. The number of hydrogen-bond donors (Lipinski definition) is 0. The molecule has 0 radical (unpaired) electrons. The van der Waals surface area contributed by atoms with Crippen molar-refractivity contribution < 1.29 is 0 Å². The first-order chi connectivity index (χ1) is 26.9. The average Bonchev–Trinajstić information content (AvgIpc) is 3.23. The van der Waals surface area contributed by atoms with Crippen LogP contribution in [0.3, 0.4) is 0 Å². The van der Waals surface area contributed by atoms with Crippen LogP contribution in [0.2, 0.25) is 0 Å². The molecule has 2 aliphatic rings. The van der Waals surface area contributed by atoms with Crippen LogP contribution in [-0.2, 0) is 5.41 Å². The Balaban J connectivity index is 1.25. The Hall–Kier alpha value is -6.18. The number of nitriles is 1. The maximum absolute atomic E-state index is 9.58. The number of nitrogens with zero attached hydrogens (tertiary/aromatic N) is 4. The predicted octanol–water partition coefficient (Wildman–Crippen LogP) is 12.8. The maximum atomic E-state index is 9.58. The Bertz CT molecular complexity index is 2400.